The van der Waals surface area contributed by atoms with Gasteiger partial charge in [-0.15, -0.1) is 0 Å². The Bertz CT molecular complexity index is 4990. The Labute approximate surface area is 480 Å². The maximum Gasteiger partial charge on any atom is 0.159 e. The average Bonchev–Trinajstić information content (AvgIpc) is 3.95. The van der Waals surface area contributed by atoms with Crippen molar-refractivity contribution in [3.05, 3.63) is 315 Å². The van der Waals surface area contributed by atoms with Gasteiger partial charge in [0.15, 0.2) is 5.58 Å². The number of rotatable bonds is 11. The van der Waals surface area contributed by atoms with Gasteiger partial charge in [-0.25, -0.2) is 0 Å². The van der Waals surface area contributed by atoms with Crippen molar-refractivity contribution in [3.63, 3.8) is 0 Å². The summed E-state index contributed by atoms with van der Waals surface area (Å²) in [6.45, 7) is 0. The Balaban J connectivity index is 1.03. The summed E-state index contributed by atoms with van der Waals surface area (Å²) < 4.78 is 12.1. The second-order valence-corrected chi connectivity index (χ2v) is 21.2. The second kappa shape index (κ2) is 19.9. The minimum atomic E-state index is 0.775. The van der Waals surface area contributed by atoms with E-state index in [1.54, 1.807) is 0 Å². The van der Waals surface area contributed by atoms with Gasteiger partial charge in [-0.2, -0.15) is 0 Å². The highest BCUT2D eigenvalue weighted by molar-refractivity contribution is 6.16. The number of benzene rings is 13. The molecule has 0 amide bonds. The first-order chi connectivity index (χ1) is 41.2. The summed E-state index contributed by atoms with van der Waals surface area (Å²) in [5, 5.41) is 6.79. The van der Waals surface area contributed by atoms with Gasteiger partial charge in [0.25, 0.3) is 0 Å². The van der Waals surface area contributed by atoms with Gasteiger partial charge in [0, 0.05) is 77.4 Å². The molecule has 0 spiro atoms. The summed E-state index contributed by atoms with van der Waals surface area (Å²) in [7, 11) is 0. The zero-order valence-electron chi connectivity index (χ0n) is 45.2. The number of hydrogen-bond acceptors (Lipinski definition) is 3. The Morgan fingerprint density at radius 3 is 1.34 bits per heavy atom. The SMILES string of the molecule is c1ccc(-c2ccccc2N(c2cc(N(c3cccc(-n4c5ccccc5c5ccccc54)c3)c3c(-c4ccccc4)cccc3-c3ccccc3)c3oc4ccccc4c3c2)c2ccc3c(c2)c2ccccc2n3-c2ccccc2)cc1. The van der Waals surface area contributed by atoms with Crippen LogP contribution in [-0.4, -0.2) is 9.13 Å². The van der Waals surface area contributed by atoms with Crippen LogP contribution >= 0.6 is 0 Å². The average molecular weight is 1060 g/mol. The van der Waals surface area contributed by atoms with Gasteiger partial charge >= 0.3 is 0 Å². The van der Waals surface area contributed by atoms with Gasteiger partial charge in [0.2, 0.25) is 0 Å². The fraction of sp³-hybridized carbons (Fsp3) is 0. The molecule has 0 atom stereocenters. The van der Waals surface area contributed by atoms with E-state index in [-0.39, 0.29) is 0 Å². The van der Waals surface area contributed by atoms with E-state index in [0.29, 0.717) is 0 Å². The van der Waals surface area contributed by atoms with E-state index in [9.17, 15) is 0 Å². The van der Waals surface area contributed by atoms with Crippen LogP contribution in [0, 0.1) is 0 Å². The maximum absolute atomic E-state index is 7.34. The molecular formula is C78H52N4O. The molecule has 0 fully saturated rings. The van der Waals surface area contributed by atoms with Gasteiger partial charge in [-0.3, -0.25) is 0 Å². The number of aromatic nitrogens is 2. The van der Waals surface area contributed by atoms with Crippen LogP contribution in [0.15, 0.2) is 320 Å². The van der Waals surface area contributed by atoms with Crippen LogP contribution in [0.2, 0.25) is 0 Å². The van der Waals surface area contributed by atoms with Gasteiger partial charge in [-0.05, 0) is 108 Å². The summed E-state index contributed by atoms with van der Waals surface area (Å²) in [5.41, 5.74) is 20.8. The zero-order valence-corrected chi connectivity index (χ0v) is 45.2. The third kappa shape index (κ3) is 8.01. The predicted octanol–water partition coefficient (Wildman–Crippen LogP) is 21.7. The Kier molecular flexibility index (Phi) is 11.5. The molecule has 0 aliphatic carbocycles. The molecule has 0 aliphatic rings. The molecule has 3 heterocycles. The molecule has 5 nitrogen and oxygen atoms in total. The number of para-hydroxylation sites is 7. The molecule has 0 radical (unpaired) electrons. The largest absolute Gasteiger partial charge is 0.454 e. The van der Waals surface area contributed by atoms with Crippen molar-refractivity contribution >= 4 is 99.7 Å². The van der Waals surface area contributed by atoms with Crippen LogP contribution in [0.1, 0.15) is 0 Å². The molecule has 83 heavy (non-hydrogen) atoms. The van der Waals surface area contributed by atoms with Gasteiger partial charge in [0.05, 0.1) is 39.1 Å². The van der Waals surface area contributed by atoms with Crippen molar-refractivity contribution in [2.45, 2.75) is 0 Å². The highest BCUT2D eigenvalue weighted by atomic mass is 16.3. The van der Waals surface area contributed by atoms with Crippen molar-refractivity contribution in [1.29, 1.82) is 0 Å². The van der Waals surface area contributed by atoms with Gasteiger partial charge in [0.1, 0.15) is 5.58 Å². The van der Waals surface area contributed by atoms with Crippen molar-refractivity contribution in [2.24, 2.45) is 0 Å². The Morgan fingerprint density at radius 1 is 0.253 bits per heavy atom. The van der Waals surface area contributed by atoms with E-state index >= 15 is 0 Å². The van der Waals surface area contributed by atoms with Crippen LogP contribution in [0.5, 0.6) is 0 Å². The molecule has 0 aliphatic heterocycles. The van der Waals surface area contributed by atoms with Crippen molar-refractivity contribution in [2.75, 3.05) is 9.80 Å². The molecule has 0 saturated heterocycles. The molecule has 0 saturated carbocycles. The van der Waals surface area contributed by atoms with Crippen molar-refractivity contribution in [3.8, 4) is 44.8 Å². The van der Waals surface area contributed by atoms with E-state index in [4.69, 9.17) is 4.42 Å². The van der Waals surface area contributed by atoms with E-state index in [1.807, 2.05) is 0 Å². The topological polar surface area (TPSA) is 29.5 Å². The lowest BCUT2D eigenvalue weighted by molar-refractivity contribution is 0.669. The Morgan fingerprint density at radius 2 is 0.699 bits per heavy atom. The molecule has 5 heteroatoms. The molecule has 390 valence electrons. The summed E-state index contributed by atoms with van der Waals surface area (Å²) in [6, 6.07) is 114. The molecule has 3 aromatic heterocycles. The van der Waals surface area contributed by atoms with Gasteiger partial charge < -0.3 is 23.4 Å². The third-order valence-corrected chi connectivity index (χ3v) is 16.5. The minimum Gasteiger partial charge on any atom is -0.454 e. The van der Waals surface area contributed by atoms with E-state index in [1.165, 1.54) is 16.2 Å². The van der Waals surface area contributed by atoms with E-state index in [2.05, 4.69) is 334 Å². The molecule has 0 unspecified atom stereocenters. The number of nitrogens with zero attached hydrogens (tertiary/aromatic N) is 4. The standard InChI is InChI=1S/C78H52N4O/c1-5-25-53(26-6-1)61-35-13-18-42-70(61)79(59-47-48-74-68(50-59)66-38-16-21-45-73(66)80(74)56-31-11-4-12-32-56)60-51-69-67-39-17-22-46-76(67)83-78(69)75(52-60)82(77-62(54-27-7-2-8-28-54)40-24-41-63(77)55-29-9-3-10-30-55)58-34-23-33-57(49-58)81-71-43-19-14-36-64(71)65-37-15-20-44-72(65)81/h1-52H. The summed E-state index contributed by atoms with van der Waals surface area (Å²) >= 11 is 0. The normalized spacial score (nSPS) is 11.6. The highest BCUT2D eigenvalue weighted by Crippen LogP contribution is 2.53. The fourth-order valence-electron chi connectivity index (χ4n) is 12.8. The number of hydrogen-bond donors (Lipinski definition) is 0. The first-order valence-electron chi connectivity index (χ1n) is 28.3. The lowest BCUT2D eigenvalue weighted by atomic mass is 9.94. The molecule has 16 rings (SSSR count). The number of anilines is 6. The van der Waals surface area contributed by atoms with Crippen LogP contribution in [0.3, 0.4) is 0 Å². The quantitative estimate of drug-likeness (QED) is 0.129. The smallest absolute Gasteiger partial charge is 0.159 e. The summed E-state index contributed by atoms with van der Waals surface area (Å²) in [5.74, 6) is 0. The van der Waals surface area contributed by atoms with E-state index < -0.39 is 0 Å². The van der Waals surface area contributed by atoms with Crippen LogP contribution in [-0.2, 0) is 0 Å². The predicted molar refractivity (Wildman–Crippen MR) is 348 cm³/mol. The van der Waals surface area contributed by atoms with Crippen LogP contribution in [0.25, 0.3) is 110 Å². The first kappa shape index (κ1) is 47.8. The monoisotopic (exact) mass is 1060 g/mol. The van der Waals surface area contributed by atoms with E-state index in [0.717, 1.165) is 128 Å². The summed E-state index contributed by atoms with van der Waals surface area (Å²) in [4.78, 5) is 4.95. The van der Waals surface area contributed by atoms with Crippen LogP contribution < -0.4 is 9.80 Å². The van der Waals surface area contributed by atoms with Crippen molar-refractivity contribution < 1.29 is 4.42 Å². The second-order valence-electron chi connectivity index (χ2n) is 21.2. The lowest BCUT2D eigenvalue weighted by Crippen LogP contribution is -2.16. The third-order valence-electron chi connectivity index (χ3n) is 16.5. The number of fused-ring (bicyclic) bond motifs is 9. The molecule has 0 N–H and O–H groups in total. The minimum absolute atomic E-state index is 0.775. The molecular weight excluding hydrogens is 1010 g/mol. The van der Waals surface area contributed by atoms with Crippen molar-refractivity contribution in [1.82, 2.24) is 9.13 Å². The first-order valence-corrected chi connectivity index (χ1v) is 28.3. The molecule has 16 aromatic rings. The maximum atomic E-state index is 7.34. The molecule has 13 aromatic carbocycles. The fourth-order valence-corrected chi connectivity index (χ4v) is 12.8. The highest BCUT2D eigenvalue weighted by Gasteiger charge is 2.29. The molecule has 0 bridgehead atoms. The lowest BCUT2D eigenvalue weighted by Gasteiger charge is -2.33. The zero-order chi connectivity index (χ0) is 54.8. The number of furan rings is 1. The van der Waals surface area contributed by atoms with Crippen LogP contribution in [0.4, 0.5) is 34.1 Å². The Hall–Kier alpha value is -11.1. The van der Waals surface area contributed by atoms with Gasteiger partial charge in [-0.1, -0.05) is 224 Å². The summed E-state index contributed by atoms with van der Waals surface area (Å²) in [6.07, 6.45) is 0.